The zero-order valence-electron chi connectivity index (χ0n) is 13.3. The molecule has 0 atom stereocenters. The normalized spacial score (nSPS) is 10.7. The molecule has 0 unspecified atom stereocenters. The largest absolute Gasteiger partial charge is 0.492 e. The first-order valence-electron chi connectivity index (χ1n) is 7.58. The van der Waals surface area contributed by atoms with Crippen molar-refractivity contribution in [3.63, 3.8) is 0 Å². The number of thiazole rings is 1. The van der Waals surface area contributed by atoms with E-state index in [-0.39, 0.29) is 0 Å². The maximum absolute atomic E-state index is 5.79. The molecule has 0 aliphatic heterocycles. The Morgan fingerprint density at radius 1 is 1.26 bits per heavy atom. The third-order valence-electron chi connectivity index (χ3n) is 3.44. The topological polar surface area (TPSA) is 52.0 Å². The van der Waals surface area contributed by atoms with Gasteiger partial charge in [0.1, 0.15) is 12.4 Å². The quantitative estimate of drug-likeness (QED) is 0.719. The molecule has 0 aliphatic carbocycles. The van der Waals surface area contributed by atoms with E-state index >= 15 is 0 Å². The van der Waals surface area contributed by atoms with E-state index in [2.05, 4.69) is 22.3 Å². The molecule has 0 aliphatic rings. The van der Waals surface area contributed by atoms with E-state index in [9.17, 15) is 0 Å². The minimum atomic E-state index is 0.596. The standard InChI is InChI=1S/C17H20N4OS/c1-13-17(23-14(2)20-13)12-18-15-5-3-6-16(11-15)22-10-9-21-8-4-7-19-21/h3-8,11,18H,9-10,12H2,1-2H3. The van der Waals surface area contributed by atoms with Gasteiger partial charge < -0.3 is 10.1 Å². The zero-order chi connectivity index (χ0) is 16.1. The Hall–Kier alpha value is -2.34. The highest BCUT2D eigenvalue weighted by Gasteiger charge is 2.05. The second-order valence-corrected chi connectivity index (χ2v) is 6.53. The van der Waals surface area contributed by atoms with E-state index in [1.807, 2.05) is 48.1 Å². The van der Waals surface area contributed by atoms with E-state index in [0.29, 0.717) is 6.61 Å². The molecule has 3 aromatic rings. The maximum atomic E-state index is 5.79. The smallest absolute Gasteiger partial charge is 0.121 e. The zero-order valence-corrected chi connectivity index (χ0v) is 14.1. The summed E-state index contributed by atoms with van der Waals surface area (Å²) in [6, 6.07) is 9.94. The van der Waals surface area contributed by atoms with Crippen LogP contribution >= 0.6 is 11.3 Å². The van der Waals surface area contributed by atoms with Crippen molar-refractivity contribution in [3.8, 4) is 5.75 Å². The number of benzene rings is 1. The molecule has 1 aromatic carbocycles. The predicted molar refractivity (Wildman–Crippen MR) is 93.1 cm³/mol. The summed E-state index contributed by atoms with van der Waals surface area (Å²) in [6.45, 7) is 6.21. The molecule has 120 valence electrons. The second-order valence-electron chi connectivity index (χ2n) is 5.24. The number of rotatable bonds is 7. The van der Waals surface area contributed by atoms with Crippen LogP contribution < -0.4 is 10.1 Å². The fourth-order valence-electron chi connectivity index (χ4n) is 2.31. The summed E-state index contributed by atoms with van der Waals surface area (Å²) < 4.78 is 7.65. The lowest BCUT2D eigenvalue weighted by molar-refractivity contribution is 0.291. The van der Waals surface area contributed by atoms with Gasteiger partial charge in [-0.3, -0.25) is 4.68 Å². The van der Waals surface area contributed by atoms with Gasteiger partial charge in [-0.25, -0.2) is 4.98 Å². The number of nitrogens with one attached hydrogen (secondary N) is 1. The highest BCUT2D eigenvalue weighted by atomic mass is 32.1. The molecule has 0 saturated carbocycles. The van der Waals surface area contributed by atoms with Crippen molar-refractivity contribution >= 4 is 17.0 Å². The summed E-state index contributed by atoms with van der Waals surface area (Å²) in [5.74, 6) is 0.861. The number of hydrogen-bond donors (Lipinski definition) is 1. The molecule has 5 nitrogen and oxygen atoms in total. The summed E-state index contributed by atoms with van der Waals surface area (Å²) in [5.41, 5.74) is 2.15. The number of hydrogen-bond acceptors (Lipinski definition) is 5. The van der Waals surface area contributed by atoms with Crippen LogP contribution in [0.25, 0.3) is 0 Å². The molecule has 0 bridgehead atoms. The Morgan fingerprint density at radius 2 is 2.17 bits per heavy atom. The van der Waals surface area contributed by atoms with E-state index in [0.717, 1.165) is 35.2 Å². The minimum Gasteiger partial charge on any atom is -0.492 e. The highest BCUT2D eigenvalue weighted by molar-refractivity contribution is 7.11. The van der Waals surface area contributed by atoms with Gasteiger partial charge in [0.2, 0.25) is 0 Å². The predicted octanol–water partition coefficient (Wildman–Crippen LogP) is 3.65. The molecule has 2 aromatic heterocycles. The van der Waals surface area contributed by atoms with E-state index in [4.69, 9.17) is 4.74 Å². The number of aryl methyl sites for hydroxylation is 2. The third-order valence-corrected chi connectivity index (χ3v) is 4.51. The average Bonchev–Trinajstić information content (AvgIpc) is 3.15. The molecule has 0 saturated heterocycles. The Kier molecular flexibility index (Phi) is 4.92. The molecular formula is C17H20N4OS. The lowest BCUT2D eigenvalue weighted by atomic mass is 10.3. The molecule has 23 heavy (non-hydrogen) atoms. The van der Waals surface area contributed by atoms with E-state index in [1.54, 1.807) is 17.5 Å². The Morgan fingerprint density at radius 3 is 2.91 bits per heavy atom. The van der Waals surface area contributed by atoms with Crippen molar-refractivity contribution in [2.24, 2.45) is 0 Å². The number of ether oxygens (including phenoxy) is 1. The first kappa shape index (κ1) is 15.6. The van der Waals surface area contributed by atoms with Crippen molar-refractivity contribution in [2.75, 3.05) is 11.9 Å². The highest BCUT2D eigenvalue weighted by Crippen LogP contribution is 2.21. The first-order chi connectivity index (χ1) is 11.2. The second kappa shape index (κ2) is 7.28. The Labute approximate surface area is 140 Å². The van der Waals surface area contributed by atoms with Gasteiger partial charge in [-0.2, -0.15) is 5.10 Å². The molecule has 0 radical (unpaired) electrons. The number of aromatic nitrogens is 3. The SMILES string of the molecule is Cc1nc(C)c(CNc2cccc(OCCn3cccn3)c2)s1. The van der Waals surface area contributed by atoms with Gasteiger partial charge in [0, 0.05) is 29.0 Å². The molecule has 6 heteroatoms. The summed E-state index contributed by atoms with van der Waals surface area (Å²) in [5, 5.41) is 8.70. The van der Waals surface area contributed by atoms with Crippen LogP contribution in [-0.4, -0.2) is 21.4 Å². The van der Waals surface area contributed by atoms with Crippen LogP contribution in [0.4, 0.5) is 5.69 Å². The monoisotopic (exact) mass is 328 g/mol. The summed E-state index contributed by atoms with van der Waals surface area (Å²) in [6.07, 6.45) is 3.70. The van der Waals surface area contributed by atoms with Crippen molar-refractivity contribution in [1.82, 2.24) is 14.8 Å². The molecule has 0 spiro atoms. The lowest BCUT2D eigenvalue weighted by Gasteiger charge is -2.10. The van der Waals surface area contributed by atoms with Gasteiger partial charge in [-0.05, 0) is 32.0 Å². The van der Waals surface area contributed by atoms with Crippen LogP contribution in [0, 0.1) is 13.8 Å². The average molecular weight is 328 g/mol. The van der Waals surface area contributed by atoms with Crippen LogP contribution in [0.2, 0.25) is 0 Å². The van der Waals surface area contributed by atoms with Gasteiger partial charge in [0.15, 0.2) is 0 Å². The Bertz CT molecular complexity index is 752. The van der Waals surface area contributed by atoms with E-state index < -0.39 is 0 Å². The van der Waals surface area contributed by atoms with Gasteiger partial charge in [-0.1, -0.05) is 6.07 Å². The Balaban J connectivity index is 1.53. The van der Waals surface area contributed by atoms with Crippen LogP contribution in [-0.2, 0) is 13.1 Å². The molecule has 0 amide bonds. The summed E-state index contributed by atoms with van der Waals surface area (Å²) >= 11 is 1.74. The molecule has 1 N–H and O–H groups in total. The van der Waals surface area contributed by atoms with Crippen LogP contribution in [0.3, 0.4) is 0 Å². The van der Waals surface area contributed by atoms with Crippen LogP contribution in [0.15, 0.2) is 42.7 Å². The fraction of sp³-hybridized carbons (Fsp3) is 0.294. The van der Waals surface area contributed by atoms with Crippen LogP contribution in [0.5, 0.6) is 5.75 Å². The van der Waals surface area contributed by atoms with Gasteiger partial charge in [0.05, 0.1) is 23.8 Å². The van der Waals surface area contributed by atoms with Gasteiger partial charge in [0.25, 0.3) is 0 Å². The number of anilines is 1. The van der Waals surface area contributed by atoms with Crippen LogP contribution in [0.1, 0.15) is 15.6 Å². The van der Waals surface area contributed by atoms with Crippen molar-refractivity contribution in [1.29, 1.82) is 0 Å². The first-order valence-corrected chi connectivity index (χ1v) is 8.39. The van der Waals surface area contributed by atoms with Gasteiger partial charge >= 0.3 is 0 Å². The third kappa shape index (κ3) is 4.32. The molecule has 2 heterocycles. The minimum absolute atomic E-state index is 0.596. The molecule has 0 fully saturated rings. The van der Waals surface area contributed by atoms with Crippen molar-refractivity contribution in [2.45, 2.75) is 26.9 Å². The summed E-state index contributed by atoms with van der Waals surface area (Å²) in [4.78, 5) is 5.72. The van der Waals surface area contributed by atoms with Gasteiger partial charge in [-0.15, -0.1) is 11.3 Å². The van der Waals surface area contributed by atoms with E-state index in [1.165, 1.54) is 4.88 Å². The lowest BCUT2D eigenvalue weighted by Crippen LogP contribution is -2.08. The molecular weight excluding hydrogens is 308 g/mol. The maximum Gasteiger partial charge on any atom is 0.121 e. The van der Waals surface area contributed by atoms with Crippen molar-refractivity contribution < 1.29 is 4.74 Å². The van der Waals surface area contributed by atoms with Crippen molar-refractivity contribution in [3.05, 3.63) is 58.3 Å². The summed E-state index contributed by atoms with van der Waals surface area (Å²) in [7, 11) is 0. The fourth-order valence-corrected chi connectivity index (χ4v) is 3.18. The molecule has 3 rings (SSSR count). The number of nitrogens with zero attached hydrogens (tertiary/aromatic N) is 3.